The van der Waals surface area contributed by atoms with Gasteiger partial charge in [-0.3, -0.25) is 0 Å². The van der Waals surface area contributed by atoms with Gasteiger partial charge < -0.3 is 35.0 Å². The van der Waals surface area contributed by atoms with Gasteiger partial charge in [0, 0.05) is 6.42 Å². The Kier molecular flexibility index (Phi) is 5.14. The molecule has 1 heterocycles. The third-order valence-corrected chi connectivity index (χ3v) is 6.11. The van der Waals surface area contributed by atoms with Crippen LogP contribution in [0.5, 0.6) is 5.75 Å². The average Bonchev–Trinajstić information content (AvgIpc) is 3.12. The number of aliphatic hydroxyl groups is 5. The van der Waals surface area contributed by atoms with Crippen molar-refractivity contribution in [1.82, 2.24) is 0 Å². The van der Waals surface area contributed by atoms with Crippen molar-refractivity contribution in [2.45, 2.75) is 56.1 Å². The molecular formula is C22H26O7. The van der Waals surface area contributed by atoms with Crippen LogP contribution >= 0.6 is 0 Å². The minimum Gasteiger partial charge on any atom is -0.462 e. The lowest BCUT2D eigenvalue weighted by Crippen LogP contribution is -2.41. The molecule has 0 unspecified atom stereocenters. The normalized spacial score (nSPS) is 32.8. The molecule has 156 valence electrons. The summed E-state index contributed by atoms with van der Waals surface area (Å²) >= 11 is 0. The van der Waals surface area contributed by atoms with Gasteiger partial charge in [0.05, 0.1) is 13.2 Å². The third-order valence-electron chi connectivity index (χ3n) is 6.11. The second kappa shape index (κ2) is 7.36. The Bertz CT molecular complexity index is 879. The van der Waals surface area contributed by atoms with Gasteiger partial charge in [0.25, 0.3) is 0 Å². The van der Waals surface area contributed by atoms with Gasteiger partial charge in [-0.2, -0.15) is 0 Å². The third kappa shape index (κ3) is 3.06. The molecule has 1 saturated carbocycles. The molecule has 1 aliphatic heterocycles. The van der Waals surface area contributed by atoms with Gasteiger partial charge in [0.1, 0.15) is 11.9 Å². The number of benzene rings is 2. The predicted molar refractivity (Wildman–Crippen MR) is 103 cm³/mol. The lowest BCUT2D eigenvalue weighted by Gasteiger charge is -2.24. The molecule has 1 aliphatic carbocycles. The Balaban J connectivity index is 1.58. The summed E-state index contributed by atoms with van der Waals surface area (Å²) < 4.78 is 11.4. The first kappa shape index (κ1) is 20.3. The summed E-state index contributed by atoms with van der Waals surface area (Å²) in [6, 6.07) is 13.5. The summed E-state index contributed by atoms with van der Waals surface area (Å²) in [4.78, 5) is 0. The highest BCUT2D eigenvalue weighted by Gasteiger charge is 2.87. The van der Waals surface area contributed by atoms with Crippen LogP contribution in [0.4, 0.5) is 0 Å². The van der Waals surface area contributed by atoms with Crippen LogP contribution in [-0.4, -0.2) is 61.8 Å². The Labute approximate surface area is 168 Å². The summed E-state index contributed by atoms with van der Waals surface area (Å²) in [6.07, 6.45) is -2.65. The van der Waals surface area contributed by atoms with Gasteiger partial charge in [-0.15, -0.1) is 0 Å². The Morgan fingerprint density at radius 2 is 1.66 bits per heavy atom. The molecule has 0 aromatic heterocycles. The first-order valence-electron chi connectivity index (χ1n) is 9.74. The van der Waals surface area contributed by atoms with Crippen LogP contribution in [0.3, 0.4) is 0 Å². The number of aryl methyl sites for hydroxylation is 1. The van der Waals surface area contributed by atoms with Crippen molar-refractivity contribution in [3.8, 4) is 5.75 Å². The molecule has 29 heavy (non-hydrogen) atoms. The average molecular weight is 402 g/mol. The number of hydrogen-bond acceptors (Lipinski definition) is 7. The topological polar surface area (TPSA) is 120 Å². The molecule has 1 saturated heterocycles. The lowest BCUT2D eigenvalue weighted by atomic mass is 10.0. The molecule has 0 bridgehead atoms. The fourth-order valence-electron chi connectivity index (χ4n) is 4.07. The highest BCUT2D eigenvalue weighted by Crippen LogP contribution is 2.59. The lowest BCUT2D eigenvalue weighted by molar-refractivity contribution is -0.170. The zero-order valence-electron chi connectivity index (χ0n) is 16.2. The van der Waals surface area contributed by atoms with E-state index in [1.54, 1.807) is 12.1 Å². The van der Waals surface area contributed by atoms with Gasteiger partial charge in [-0.25, -0.2) is 0 Å². The molecule has 5 atom stereocenters. The molecule has 2 aromatic rings. The highest BCUT2D eigenvalue weighted by molar-refractivity contribution is 5.42. The molecule has 7 nitrogen and oxygen atoms in total. The summed E-state index contributed by atoms with van der Waals surface area (Å²) in [5.74, 6) is 0.396. The molecule has 4 rings (SSSR count). The van der Waals surface area contributed by atoms with E-state index < -0.39 is 36.3 Å². The standard InChI is InChI=1S/C22H26O7/c1-2-13-3-5-14(6-4-13)9-16-8-7-15(11-23)10-17(16)28-19-18(25)22(27)20(26)21(22,12-24)29-19/h3-8,10,18-20,23-27H,2,9,11-12H2,1H3/t18-,19-,20+,21-,22-/m0/s1. The van der Waals surface area contributed by atoms with Crippen LogP contribution in [0, 0.1) is 0 Å². The number of ether oxygens (including phenoxy) is 2. The minimum atomic E-state index is -1.96. The van der Waals surface area contributed by atoms with E-state index in [9.17, 15) is 25.5 Å². The van der Waals surface area contributed by atoms with E-state index in [0.29, 0.717) is 17.7 Å². The smallest absolute Gasteiger partial charge is 0.230 e. The number of hydrogen-bond donors (Lipinski definition) is 5. The van der Waals surface area contributed by atoms with Crippen LogP contribution in [0.2, 0.25) is 0 Å². The van der Waals surface area contributed by atoms with Crippen molar-refractivity contribution >= 4 is 0 Å². The van der Waals surface area contributed by atoms with Crippen molar-refractivity contribution in [2.75, 3.05) is 6.61 Å². The van der Waals surface area contributed by atoms with Crippen LogP contribution in [0.15, 0.2) is 42.5 Å². The van der Waals surface area contributed by atoms with Crippen LogP contribution in [0.1, 0.15) is 29.2 Å². The second-order valence-electron chi connectivity index (χ2n) is 7.77. The van der Waals surface area contributed by atoms with Gasteiger partial charge in [0.2, 0.25) is 6.29 Å². The molecular weight excluding hydrogens is 376 g/mol. The Hall–Kier alpha value is -2.00. The summed E-state index contributed by atoms with van der Waals surface area (Å²) in [7, 11) is 0. The molecule has 2 aromatic carbocycles. The largest absolute Gasteiger partial charge is 0.462 e. The summed E-state index contributed by atoms with van der Waals surface area (Å²) in [5, 5.41) is 49.8. The van der Waals surface area contributed by atoms with E-state index >= 15 is 0 Å². The van der Waals surface area contributed by atoms with Crippen molar-refractivity contribution < 1.29 is 35.0 Å². The van der Waals surface area contributed by atoms with Gasteiger partial charge in [-0.1, -0.05) is 43.3 Å². The van der Waals surface area contributed by atoms with Crippen molar-refractivity contribution in [1.29, 1.82) is 0 Å². The fourth-order valence-corrected chi connectivity index (χ4v) is 4.07. The van der Waals surface area contributed by atoms with Crippen molar-refractivity contribution in [2.24, 2.45) is 0 Å². The minimum absolute atomic E-state index is 0.181. The van der Waals surface area contributed by atoms with Crippen LogP contribution in [-0.2, 0) is 24.2 Å². The zero-order valence-corrected chi connectivity index (χ0v) is 16.2. The second-order valence-corrected chi connectivity index (χ2v) is 7.77. The van der Waals surface area contributed by atoms with E-state index in [4.69, 9.17) is 9.47 Å². The molecule has 5 N–H and O–H groups in total. The molecule has 7 heteroatoms. The number of fused-ring (bicyclic) bond motifs is 1. The highest BCUT2D eigenvalue weighted by atomic mass is 16.7. The molecule has 2 aliphatic rings. The fraction of sp³-hybridized carbons (Fsp3) is 0.455. The van der Waals surface area contributed by atoms with E-state index in [-0.39, 0.29) is 6.61 Å². The summed E-state index contributed by atoms with van der Waals surface area (Å²) in [6.45, 7) is 1.27. The van der Waals surface area contributed by atoms with E-state index in [0.717, 1.165) is 17.5 Å². The van der Waals surface area contributed by atoms with E-state index in [1.165, 1.54) is 5.56 Å². The van der Waals surface area contributed by atoms with Gasteiger partial charge in [0.15, 0.2) is 17.3 Å². The SMILES string of the molecule is CCc1ccc(Cc2ccc(CO)cc2O[C@H]2O[C@@]3(CO)[C@@H](O)[C@@]3(O)[C@H]2O)cc1. The maximum absolute atomic E-state index is 10.5. The first-order valence-corrected chi connectivity index (χ1v) is 9.74. The molecule has 2 fully saturated rings. The van der Waals surface area contributed by atoms with E-state index in [1.807, 2.05) is 18.2 Å². The van der Waals surface area contributed by atoms with Crippen molar-refractivity contribution in [3.63, 3.8) is 0 Å². The molecule has 0 radical (unpaired) electrons. The van der Waals surface area contributed by atoms with Gasteiger partial charge in [-0.05, 0) is 34.7 Å². The monoisotopic (exact) mass is 402 g/mol. The summed E-state index contributed by atoms with van der Waals surface area (Å²) in [5.41, 5.74) is 0.148. The quantitative estimate of drug-likeness (QED) is 0.451. The first-order chi connectivity index (χ1) is 13.9. The van der Waals surface area contributed by atoms with E-state index in [2.05, 4.69) is 19.1 Å². The Morgan fingerprint density at radius 1 is 1.00 bits per heavy atom. The maximum atomic E-state index is 10.5. The maximum Gasteiger partial charge on any atom is 0.230 e. The number of rotatable bonds is 7. The Morgan fingerprint density at radius 3 is 2.24 bits per heavy atom. The van der Waals surface area contributed by atoms with Gasteiger partial charge >= 0.3 is 0 Å². The number of aliphatic hydroxyl groups excluding tert-OH is 4. The van der Waals surface area contributed by atoms with Crippen molar-refractivity contribution in [3.05, 3.63) is 64.7 Å². The molecule has 0 amide bonds. The molecule has 0 spiro atoms. The van der Waals surface area contributed by atoms with Crippen LogP contribution < -0.4 is 4.74 Å². The zero-order chi connectivity index (χ0) is 20.8. The van der Waals surface area contributed by atoms with Crippen LogP contribution in [0.25, 0.3) is 0 Å². The predicted octanol–water partition coefficient (Wildman–Crippen LogP) is 0.265.